The molecule has 0 saturated carbocycles. The molecule has 0 spiro atoms. The van der Waals surface area contributed by atoms with Gasteiger partial charge in [0.05, 0.1) is 18.3 Å². The van der Waals surface area contributed by atoms with Crippen LogP contribution in [-0.4, -0.2) is 20.9 Å². The predicted octanol–water partition coefficient (Wildman–Crippen LogP) is 2.46. The second-order valence-corrected chi connectivity index (χ2v) is 4.14. The lowest BCUT2D eigenvalue weighted by Gasteiger charge is -2.04. The summed E-state index contributed by atoms with van der Waals surface area (Å²) in [6.45, 7) is 1.97. The quantitative estimate of drug-likeness (QED) is 0.910. The molecule has 1 aromatic heterocycles. The van der Waals surface area contributed by atoms with Crippen molar-refractivity contribution < 1.29 is 9.90 Å². The molecule has 0 saturated heterocycles. The van der Waals surface area contributed by atoms with Gasteiger partial charge in [-0.1, -0.05) is 23.7 Å². The summed E-state index contributed by atoms with van der Waals surface area (Å²) in [5.41, 5.74) is 2.43. The molecule has 0 radical (unpaired) electrons. The molecule has 5 heteroatoms. The summed E-state index contributed by atoms with van der Waals surface area (Å²) in [5, 5.41) is 13.2. The third kappa shape index (κ3) is 2.47. The molecular formula is C12H11ClN2O2. The van der Waals surface area contributed by atoms with Crippen LogP contribution in [0.3, 0.4) is 0 Å². The van der Waals surface area contributed by atoms with E-state index in [1.165, 1.54) is 10.9 Å². The summed E-state index contributed by atoms with van der Waals surface area (Å²) < 4.78 is 1.53. The smallest absolute Gasteiger partial charge is 0.307 e. The van der Waals surface area contributed by atoms with Crippen molar-refractivity contribution in [2.75, 3.05) is 0 Å². The summed E-state index contributed by atoms with van der Waals surface area (Å²) >= 11 is 6.09. The lowest BCUT2D eigenvalue weighted by Crippen LogP contribution is -2.01. The molecule has 88 valence electrons. The van der Waals surface area contributed by atoms with E-state index in [9.17, 15) is 4.79 Å². The van der Waals surface area contributed by atoms with Gasteiger partial charge >= 0.3 is 5.97 Å². The van der Waals surface area contributed by atoms with E-state index in [2.05, 4.69) is 5.10 Å². The van der Waals surface area contributed by atoms with Gasteiger partial charge in [-0.2, -0.15) is 5.10 Å². The average molecular weight is 251 g/mol. The third-order valence-electron chi connectivity index (χ3n) is 2.37. The van der Waals surface area contributed by atoms with Crippen LogP contribution in [0.15, 0.2) is 30.5 Å². The number of halogens is 1. The van der Waals surface area contributed by atoms with E-state index in [0.29, 0.717) is 10.7 Å². The first kappa shape index (κ1) is 11.7. The summed E-state index contributed by atoms with van der Waals surface area (Å²) in [7, 11) is 0. The fourth-order valence-corrected chi connectivity index (χ4v) is 1.85. The van der Waals surface area contributed by atoms with Crippen molar-refractivity contribution in [1.29, 1.82) is 0 Å². The van der Waals surface area contributed by atoms with Crippen LogP contribution in [0.25, 0.3) is 5.69 Å². The van der Waals surface area contributed by atoms with E-state index in [4.69, 9.17) is 16.7 Å². The summed E-state index contributed by atoms with van der Waals surface area (Å²) in [6, 6.07) is 7.68. The first-order valence-electron chi connectivity index (χ1n) is 5.09. The number of rotatable bonds is 3. The number of hydrogen-bond acceptors (Lipinski definition) is 2. The maximum atomic E-state index is 10.6. The van der Waals surface area contributed by atoms with E-state index in [1.807, 2.05) is 31.2 Å². The zero-order valence-corrected chi connectivity index (χ0v) is 9.98. The van der Waals surface area contributed by atoms with Crippen molar-refractivity contribution in [1.82, 2.24) is 9.78 Å². The fourth-order valence-electron chi connectivity index (χ4n) is 1.59. The van der Waals surface area contributed by atoms with Crippen molar-refractivity contribution >= 4 is 17.6 Å². The Bertz CT molecular complexity index is 563. The number of carboxylic acids is 1. The van der Waals surface area contributed by atoms with Crippen molar-refractivity contribution in [3.05, 3.63) is 46.7 Å². The Balaban J connectivity index is 2.40. The molecule has 0 aliphatic heterocycles. The lowest BCUT2D eigenvalue weighted by molar-refractivity contribution is -0.136. The van der Waals surface area contributed by atoms with E-state index in [0.717, 1.165) is 11.3 Å². The van der Waals surface area contributed by atoms with E-state index in [-0.39, 0.29) is 6.42 Å². The number of hydrogen-bond donors (Lipinski definition) is 1. The Labute approximate surface area is 103 Å². The average Bonchev–Trinajstić information content (AvgIpc) is 2.60. The Hall–Kier alpha value is -1.81. The zero-order chi connectivity index (χ0) is 12.4. The van der Waals surface area contributed by atoms with Crippen LogP contribution >= 0.6 is 11.6 Å². The van der Waals surface area contributed by atoms with Gasteiger partial charge < -0.3 is 5.11 Å². The summed E-state index contributed by atoms with van der Waals surface area (Å²) in [6.07, 6.45) is 1.36. The van der Waals surface area contributed by atoms with Crippen LogP contribution in [-0.2, 0) is 11.2 Å². The number of benzene rings is 1. The molecule has 0 fully saturated rings. The van der Waals surface area contributed by atoms with Crippen molar-refractivity contribution in [3.63, 3.8) is 0 Å². The van der Waals surface area contributed by atoms with Crippen LogP contribution in [0.4, 0.5) is 0 Å². The van der Waals surface area contributed by atoms with Gasteiger partial charge in [-0.15, -0.1) is 0 Å². The van der Waals surface area contributed by atoms with Gasteiger partial charge in [0.25, 0.3) is 0 Å². The molecule has 0 aliphatic rings. The van der Waals surface area contributed by atoms with Gasteiger partial charge in [-0.05, 0) is 24.6 Å². The first-order chi connectivity index (χ1) is 8.08. The van der Waals surface area contributed by atoms with Crippen LogP contribution in [0.2, 0.25) is 5.15 Å². The molecule has 1 aromatic carbocycles. The topological polar surface area (TPSA) is 55.1 Å². The van der Waals surface area contributed by atoms with Gasteiger partial charge in [0.15, 0.2) is 0 Å². The molecule has 0 unspecified atom stereocenters. The predicted molar refractivity (Wildman–Crippen MR) is 64.7 cm³/mol. The van der Waals surface area contributed by atoms with E-state index >= 15 is 0 Å². The molecule has 0 bridgehead atoms. The molecular weight excluding hydrogens is 240 g/mol. The van der Waals surface area contributed by atoms with Gasteiger partial charge in [0.2, 0.25) is 0 Å². The largest absolute Gasteiger partial charge is 0.481 e. The van der Waals surface area contributed by atoms with Gasteiger partial charge in [-0.3, -0.25) is 4.79 Å². The minimum atomic E-state index is -0.921. The molecule has 2 rings (SSSR count). The molecule has 4 nitrogen and oxygen atoms in total. The number of carbonyl (C=O) groups is 1. The van der Waals surface area contributed by atoms with Crippen molar-refractivity contribution in [2.24, 2.45) is 0 Å². The Kier molecular flexibility index (Phi) is 3.15. The molecule has 2 aromatic rings. The number of aryl methyl sites for hydroxylation is 1. The molecule has 1 heterocycles. The second-order valence-electron chi connectivity index (χ2n) is 3.78. The monoisotopic (exact) mass is 250 g/mol. The molecule has 0 aliphatic carbocycles. The molecule has 0 atom stereocenters. The maximum absolute atomic E-state index is 10.6. The zero-order valence-electron chi connectivity index (χ0n) is 9.22. The molecule has 17 heavy (non-hydrogen) atoms. The summed E-state index contributed by atoms with van der Waals surface area (Å²) in [5.74, 6) is -0.921. The number of aliphatic carboxylic acids is 1. The molecule has 0 amide bonds. The Morgan fingerprint density at radius 2 is 2.29 bits per heavy atom. The highest BCUT2D eigenvalue weighted by atomic mass is 35.5. The maximum Gasteiger partial charge on any atom is 0.307 e. The van der Waals surface area contributed by atoms with Crippen LogP contribution in [0.5, 0.6) is 0 Å². The molecule has 1 N–H and O–H groups in total. The van der Waals surface area contributed by atoms with Crippen molar-refractivity contribution in [3.8, 4) is 5.69 Å². The highest BCUT2D eigenvalue weighted by Crippen LogP contribution is 2.21. The Morgan fingerprint density at radius 1 is 1.53 bits per heavy atom. The number of carboxylic acid groups (broad SMARTS) is 1. The highest BCUT2D eigenvalue weighted by molar-refractivity contribution is 6.30. The SMILES string of the molecule is Cc1cccc(-n2ncc(CC(=O)O)c2Cl)c1. The van der Waals surface area contributed by atoms with Gasteiger partial charge in [0.1, 0.15) is 5.15 Å². The van der Waals surface area contributed by atoms with E-state index in [1.54, 1.807) is 0 Å². The fraction of sp³-hybridized carbons (Fsp3) is 0.167. The first-order valence-corrected chi connectivity index (χ1v) is 5.47. The lowest BCUT2D eigenvalue weighted by atomic mass is 10.2. The van der Waals surface area contributed by atoms with Crippen LogP contribution < -0.4 is 0 Å². The highest BCUT2D eigenvalue weighted by Gasteiger charge is 2.12. The van der Waals surface area contributed by atoms with Crippen LogP contribution in [0.1, 0.15) is 11.1 Å². The van der Waals surface area contributed by atoms with Crippen LogP contribution in [0, 0.1) is 6.92 Å². The second kappa shape index (κ2) is 4.59. The number of aromatic nitrogens is 2. The minimum Gasteiger partial charge on any atom is -0.481 e. The van der Waals surface area contributed by atoms with E-state index < -0.39 is 5.97 Å². The van der Waals surface area contributed by atoms with Crippen molar-refractivity contribution in [2.45, 2.75) is 13.3 Å². The third-order valence-corrected chi connectivity index (χ3v) is 2.77. The summed E-state index contributed by atoms with van der Waals surface area (Å²) in [4.78, 5) is 10.6. The standard InChI is InChI=1S/C12H11ClN2O2/c1-8-3-2-4-10(5-8)15-12(13)9(7-14-15)6-11(16)17/h2-5,7H,6H2,1H3,(H,16,17). The Morgan fingerprint density at radius 3 is 2.94 bits per heavy atom. The van der Waals surface area contributed by atoms with Gasteiger partial charge in [-0.25, -0.2) is 4.68 Å². The van der Waals surface area contributed by atoms with Gasteiger partial charge in [0, 0.05) is 5.56 Å². The number of nitrogens with zero attached hydrogens (tertiary/aromatic N) is 2. The normalized spacial score (nSPS) is 10.5. The minimum absolute atomic E-state index is 0.120.